The van der Waals surface area contributed by atoms with E-state index in [1.165, 1.54) is 17.6 Å². The largest absolute Gasteiger partial charge is 0.345 e. The molecule has 26 heavy (non-hydrogen) atoms. The Balaban J connectivity index is 1.59. The summed E-state index contributed by atoms with van der Waals surface area (Å²) in [6, 6.07) is 5.67. The summed E-state index contributed by atoms with van der Waals surface area (Å²) in [7, 11) is 0. The first-order valence-electron chi connectivity index (χ1n) is 7.76. The van der Waals surface area contributed by atoms with E-state index in [0.717, 1.165) is 24.1 Å². The van der Waals surface area contributed by atoms with Crippen LogP contribution in [0, 0.1) is 6.92 Å². The summed E-state index contributed by atoms with van der Waals surface area (Å²) in [5, 5.41) is 10.9. The zero-order valence-corrected chi connectivity index (χ0v) is 16.0. The molecule has 0 atom stereocenters. The second-order valence-electron chi connectivity index (χ2n) is 5.71. The zero-order valence-electron chi connectivity index (χ0n) is 13.7. The van der Waals surface area contributed by atoms with Crippen LogP contribution >= 0.6 is 34.5 Å². The zero-order chi connectivity index (χ0) is 18.7. The Morgan fingerprint density at radius 3 is 2.77 bits per heavy atom. The number of nitrogens with zero attached hydrogens (tertiary/aromatic N) is 2. The minimum Gasteiger partial charge on any atom is -0.345 e. The van der Waals surface area contributed by atoms with Crippen molar-refractivity contribution in [2.45, 2.75) is 25.8 Å². The lowest BCUT2D eigenvalue weighted by atomic mass is 10.2. The van der Waals surface area contributed by atoms with Gasteiger partial charge in [-0.25, -0.2) is 10.4 Å². The summed E-state index contributed by atoms with van der Waals surface area (Å²) in [6.07, 6.45) is 3.15. The monoisotopic (exact) mass is 411 g/mol. The fourth-order valence-corrected chi connectivity index (χ4v) is 3.15. The summed E-state index contributed by atoms with van der Waals surface area (Å²) in [5.74, 6) is -1.51. The van der Waals surface area contributed by atoms with Crippen molar-refractivity contribution in [2.24, 2.45) is 5.10 Å². The minimum absolute atomic E-state index is 0.108. The number of aryl methyl sites for hydroxylation is 1. The molecule has 3 rings (SSSR count). The molecule has 2 amide bonds. The minimum atomic E-state index is -0.818. The van der Waals surface area contributed by atoms with Gasteiger partial charge in [-0.15, -0.1) is 0 Å². The van der Waals surface area contributed by atoms with Crippen molar-refractivity contribution >= 4 is 63.4 Å². The van der Waals surface area contributed by atoms with Crippen molar-refractivity contribution in [1.82, 2.24) is 15.7 Å². The van der Waals surface area contributed by atoms with Gasteiger partial charge in [0.1, 0.15) is 0 Å². The average Bonchev–Trinajstić information content (AvgIpc) is 3.34. The van der Waals surface area contributed by atoms with Gasteiger partial charge in [-0.1, -0.05) is 40.6 Å². The lowest BCUT2D eigenvalue weighted by molar-refractivity contribution is -0.139. The highest BCUT2D eigenvalue weighted by Gasteiger charge is 2.26. The molecule has 0 radical (unpaired) electrons. The number of halogens is 2. The number of thiazole rings is 1. The van der Waals surface area contributed by atoms with Crippen LogP contribution in [0.5, 0.6) is 0 Å². The van der Waals surface area contributed by atoms with Crippen LogP contribution in [0.3, 0.4) is 0 Å². The average molecular weight is 412 g/mol. The van der Waals surface area contributed by atoms with Gasteiger partial charge in [-0.3, -0.25) is 9.59 Å². The van der Waals surface area contributed by atoms with E-state index in [9.17, 15) is 9.59 Å². The van der Waals surface area contributed by atoms with E-state index in [4.69, 9.17) is 23.2 Å². The van der Waals surface area contributed by atoms with Gasteiger partial charge in [0.05, 0.1) is 11.1 Å². The quantitative estimate of drug-likeness (QED) is 0.399. The highest BCUT2D eigenvalue weighted by molar-refractivity contribution is 7.17. The normalized spacial score (nSPS) is 13.7. The van der Waals surface area contributed by atoms with Crippen LogP contribution in [0.1, 0.15) is 23.3 Å². The second kappa shape index (κ2) is 8.03. The van der Waals surface area contributed by atoms with Crippen molar-refractivity contribution in [3.63, 3.8) is 0 Å². The van der Waals surface area contributed by atoms with Crippen molar-refractivity contribution < 1.29 is 9.59 Å². The van der Waals surface area contributed by atoms with Gasteiger partial charge in [0, 0.05) is 16.8 Å². The molecule has 1 aromatic carbocycles. The number of hydrogen-bond acceptors (Lipinski definition) is 6. The fraction of sp³-hybridized carbons (Fsp3) is 0.250. The van der Waals surface area contributed by atoms with E-state index in [2.05, 4.69) is 26.1 Å². The third-order valence-corrected chi connectivity index (χ3v) is 5.21. The Kier molecular flexibility index (Phi) is 5.75. The van der Waals surface area contributed by atoms with Crippen LogP contribution in [-0.4, -0.2) is 29.1 Å². The Bertz CT molecular complexity index is 880. The van der Waals surface area contributed by atoms with Crippen LogP contribution in [0.15, 0.2) is 23.3 Å². The SMILES string of the molecule is Cc1ccc(Nc2nc(Cl)c(/C=N/NC(=O)C(=O)NC3CC3)s2)cc1Cl. The predicted molar refractivity (Wildman–Crippen MR) is 103 cm³/mol. The van der Waals surface area contributed by atoms with Gasteiger partial charge in [0.25, 0.3) is 0 Å². The van der Waals surface area contributed by atoms with Crippen molar-refractivity contribution in [2.75, 3.05) is 5.32 Å². The van der Waals surface area contributed by atoms with Crippen molar-refractivity contribution in [3.8, 4) is 0 Å². The molecule has 0 saturated heterocycles. The van der Waals surface area contributed by atoms with E-state index < -0.39 is 11.8 Å². The topological polar surface area (TPSA) is 95.5 Å². The molecule has 0 unspecified atom stereocenters. The van der Waals surface area contributed by atoms with Gasteiger partial charge in [-0.05, 0) is 37.5 Å². The van der Waals surface area contributed by atoms with Crippen LogP contribution < -0.4 is 16.1 Å². The summed E-state index contributed by atoms with van der Waals surface area (Å²) in [4.78, 5) is 27.8. The summed E-state index contributed by atoms with van der Waals surface area (Å²) in [6.45, 7) is 1.92. The molecular formula is C16H15Cl2N5O2S. The van der Waals surface area contributed by atoms with E-state index in [1.54, 1.807) is 6.07 Å². The molecule has 1 aliphatic carbocycles. The Morgan fingerprint density at radius 2 is 2.08 bits per heavy atom. The van der Waals surface area contributed by atoms with Gasteiger partial charge < -0.3 is 10.6 Å². The molecule has 1 heterocycles. The molecule has 0 bridgehead atoms. The lowest BCUT2D eigenvalue weighted by Crippen LogP contribution is -2.38. The first kappa shape index (κ1) is 18.6. The number of amides is 2. The molecule has 10 heteroatoms. The summed E-state index contributed by atoms with van der Waals surface area (Å²) in [5.41, 5.74) is 3.92. The first-order valence-corrected chi connectivity index (χ1v) is 9.33. The van der Waals surface area contributed by atoms with Gasteiger partial charge in [-0.2, -0.15) is 5.10 Å². The fourth-order valence-electron chi connectivity index (χ4n) is 1.92. The molecule has 0 aliphatic heterocycles. The maximum absolute atomic E-state index is 11.6. The van der Waals surface area contributed by atoms with Gasteiger partial charge in [0.15, 0.2) is 10.3 Å². The molecule has 1 aromatic heterocycles. The Labute approximate surface area is 163 Å². The number of hydrazone groups is 1. The molecule has 1 fully saturated rings. The first-order chi connectivity index (χ1) is 12.4. The highest BCUT2D eigenvalue weighted by Crippen LogP contribution is 2.29. The second-order valence-corrected chi connectivity index (χ2v) is 7.51. The number of benzene rings is 1. The van der Waals surface area contributed by atoms with E-state index in [-0.39, 0.29) is 11.2 Å². The Morgan fingerprint density at radius 1 is 1.31 bits per heavy atom. The van der Waals surface area contributed by atoms with E-state index >= 15 is 0 Å². The highest BCUT2D eigenvalue weighted by atomic mass is 35.5. The smallest absolute Gasteiger partial charge is 0.329 e. The number of aromatic nitrogens is 1. The number of carbonyl (C=O) groups is 2. The number of hydrogen-bond donors (Lipinski definition) is 3. The van der Waals surface area contributed by atoms with Crippen LogP contribution in [0.4, 0.5) is 10.8 Å². The maximum Gasteiger partial charge on any atom is 0.329 e. The van der Waals surface area contributed by atoms with Crippen LogP contribution in [0.25, 0.3) is 0 Å². The third-order valence-electron chi connectivity index (χ3n) is 3.50. The van der Waals surface area contributed by atoms with Crippen molar-refractivity contribution in [3.05, 3.63) is 38.8 Å². The molecule has 2 aromatic rings. The van der Waals surface area contributed by atoms with Crippen LogP contribution in [-0.2, 0) is 9.59 Å². The predicted octanol–water partition coefficient (Wildman–Crippen LogP) is 3.23. The number of rotatable bonds is 5. The maximum atomic E-state index is 11.6. The molecule has 136 valence electrons. The van der Waals surface area contributed by atoms with Gasteiger partial charge in [0.2, 0.25) is 0 Å². The summed E-state index contributed by atoms with van der Waals surface area (Å²) < 4.78 is 0. The molecule has 1 saturated carbocycles. The molecule has 0 spiro atoms. The Hall–Kier alpha value is -2.16. The number of carbonyl (C=O) groups excluding carboxylic acids is 2. The third kappa shape index (κ3) is 4.94. The summed E-state index contributed by atoms with van der Waals surface area (Å²) >= 11 is 13.4. The standard InChI is InChI=1S/C16H15Cl2N5O2S/c1-8-2-3-10(6-11(8)17)21-16-22-13(18)12(26-16)7-19-23-15(25)14(24)20-9-4-5-9/h2-3,6-7,9H,4-5H2,1H3,(H,20,24)(H,21,22)(H,23,25)/b19-7+. The molecule has 1 aliphatic rings. The number of anilines is 2. The lowest BCUT2D eigenvalue weighted by Gasteiger charge is -2.04. The van der Waals surface area contributed by atoms with E-state index in [0.29, 0.717) is 15.0 Å². The van der Waals surface area contributed by atoms with Crippen molar-refractivity contribution in [1.29, 1.82) is 0 Å². The van der Waals surface area contributed by atoms with E-state index in [1.807, 2.05) is 19.1 Å². The molecule has 3 N–H and O–H groups in total. The van der Waals surface area contributed by atoms with Gasteiger partial charge >= 0.3 is 11.8 Å². The number of nitrogens with one attached hydrogen (secondary N) is 3. The molecular weight excluding hydrogens is 397 g/mol. The van der Waals surface area contributed by atoms with Crippen LogP contribution in [0.2, 0.25) is 10.2 Å². The molecule has 7 nitrogen and oxygen atoms in total.